The van der Waals surface area contributed by atoms with Crippen molar-refractivity contribution in [1.29, 1.82) is 0 Å². The molecule has 3 atom stereocenters. The molecule has 1 heterocycles. The van der Waals surface area contributed by atoms with Crippen molar-refractivity contribution < 1.29 is 8.42 Å². The maximum absolute atomic E-state index is 11.6. The van der Waals surface area contributed by atoms with Gasteiger partial charge in [0.2, 0.25) is 0 Å². The van der Waals surface area contributed by atoms with Crippen LogP contribution in [0.2, 0.25) is 0 Å². The molecule has 2 rings (SSSR count). The summed E-state index contributed by atoms with van der Waals surface area (Å²) in [6.45, 7) is 6.74. The van der Waals surface area contributed by atoms with E-state index < -0.39 is 9.84 Å². The highest BCUT2D eigenvalue weighted by atomic mass is 32.2. The first kappa shape index (κ1) is 10.5. The Hall–Kier alpha value is -0.0500. The molecule has 14 heavy (non-hydrogen) atoms. The summed E-state index contributed by atoms with van der Waals surface area (Å²) in [6.07, 6.45) is 2.34. The Morgan fingerprint density at radius 3 is 2.50 bits per heavy atom. The molecule has 0 bridgehead atoms. The van der Waals surface area contributed by atoms with Crippen molar-refractivity contribution in [3.63, 3.8) is 0 Å². The molecule has 1 saturated heterocycles. The summed E-state index contributed by atoms with van der Waals surface area (Å²) in [5.41, 5.74) is 0.272. The van der Waals surface area contributed by atoms with Crippen molar-refractivity contribution >= 4 is 9.84 Å². The summed E-state index contributed by atoms with van der Waals surface area (Å²) < 4.78 is 23.1. The van der Waals surface area contributed by atoms with Gasteiger partial charge >= 0.3 is 0 Å². The van der Waals surface area contributed by atoms with E-state index >= 15 is 0 Å². The van der Waals surface area contributed by atoms with Crippen LogP contribution in [0.3, 0.4) is 0 Å². The summed E-state index contributed by atoms with van der Waals surface area (Å²) in [5, 5.41) is 0. The van der Waals surface area contributed by atoms with Gasteiger partial charge in [-0.05, 0) is 36.0 Å². The van der Waals surface area contributed by atoms with Crippen molar-refractivity contribution in [3.8, 4) is 0 Å². The van der Waals surface area contributed by atoms with Crippen LogP contribution in [0.5, 0.6) is 0 Å². The number of rotatable bonds is 1. The van der Waals surface area contributed by atoms with E-state index in [9.17, 15) is 8.42 Å². The lowest BCUT2D eigenvalue weighted by molar-refractivity contribution is 0.152. The van der Waals surface area contributed by atoms with Crippen LogP contribution in [0.1, 0.15) is 33.6 Å². The molecule has 1 saturated carbocycles. The number of hydrogen-bond donors (Lipinski definition) is 0. The highest BCUT2D eigenvalue weighted by Crippen LogP contribution is 2.54. The Labute approximate surface area is 87.0 Å². The topological polar surface area (TPSA) is 34.1 Å². The van der Waals surface area contributed by atoms with Crippen molar-refractivity contribution in [3.05, 3.63) is 0 Å². The van der Waals surface area contributed by atoms with Crippen LogP contribution < -0.4 is 0 Å². The third-order valence-electron chi connectivity index (χ3n) is 4.69. The molecule has 0 spiro atoms. The number of sulfone groups is 1. The minimum Gasteiger partial charge on any atom is -0.229 e. The molecule has 2 fully saturated rings. The molecule has 3 unspecified atom stereocenters. The highest BCUT2D eigenvalue weighted by Gasteiger charge is 2.53. The zero-order chi connectivity index (χ0) is 10.6. The van der Waals surface area contributed by atoms with E-state index in [1.165, 1.54) is 6.42 Å². The van der Waals surface area contributed by atoms with E-state index in [-0.39, 0.29) is 5.41 Å². The van der Waals surface area contributed by atoms with Gasteiger partial charge in [0, 0.05) is 0 Å². The van der Waals surface area contributed by atoms with E-state index in [4.69, 9.17) is 0 Å². The third-order valence-corrected chi connectivity index (χ3v) is 6.49. The molecule has 0 aromatic rings. The van der Waals surface area contributed by atoms with E-state index in [1.807, 2.05) is 0 Å². The molecular weight excluding hydrogens is 196 g/mol. The summed E-state index contributed by atoms with van der Waals surface area (Å²) in [5.74, 6) is 2.41. The fourth-order valence-electron chi connectivity index (χ4n) is 3.33. The number of fused-ring (bicyclic) bond motifs is 1. The van der Waals surface area contributed by atoms with Crippen LogP contribution in [-0.4, -0.2) is 19.9 Å². The molecule has 3 heteroatoms. The number of hydrogen-bond acceptors (Lipinski definition) is 2. The predicted molar refractivity (Wildman–Crippen MR) is 57.8 cm³/mol. The van der Waals surface area contributed by atoms with Gasteiger partial charge in [0.15, 0.2) is 9.84 Å². The fourth-order valence-corrected chi connectivity index (χ4v) is 5.72. The molecule has 1 aliphatic heterocycles. The first-order chi connectivity index (χ1) is 6.35. The second kappa shape index (κ2) is 2.97. The SMILES string of the molecule is CC(C)C1(C)CCC2CS(=O)(=O)CC21. The predicted octanol–water partition coefficient (Wildman–Crippen LogP) is 2.10. The summed E-state index contributed by atoms with van der Waals surface area (Å²) in [6, 6.07) is 0. The maximum atomic E-state index is 11.6. The Morgan fingerprint density at radius 2 is 1.93 bits per heavy atom. The summed E-state index contributed by atoms with van der Waals surface area (Å²) in [4.78, 5) is 0. The standard InChI is InChI=1S/C11H20O2S/c1-8(2)11(3)5-4-9-6-14(12,13)7-10(9)11/h8-10H,4-7H2,1-3H3. The average molecular weight is 216 g/mol. The Bertz CT molecular complexity index is 331. The smallest absolute Gasteiger partial charge is 0.150 e. The fraction of sp³-hybridized carbons (Fsp3) is 1.00. The minimum atomic E-state index is -2.71. The van der Waals surface area contributed by atoms with E-state index in [1.54, 1.807) is 0 Å². The van der Waals surface area contributed by atoms with Crippen LogP contribution in [0, 0.1) is 23.2 Å². The molecule has 0 amide bonds. The van der Waals surface area contributed by atoms with Gasteiger partial charge in [-0.2, -0.15) is 0 Å². The molecule has 1 aliphatic carbocycles. The zero-order valence-electron chi connectivity index (χ0n) is 9.29. The second-order valence-electron chi connectivity index (χ2n) is 5.64. The van der Waals surface area contributed by atoms with Crippen molar-refractivity contribution in [2.24, 2.45) is 23.2 Å². The van der Waals surface area contributed by atoms with Gasteiger partial charge in [-0.25, -0.2) is 8.42 Å². The average Bonchev–Trinajstić information content (AvgIpc) is 2.49. The van der Waals surface area contributed by atoms with Gasteiger partial charge < -0.3 is 0 Å². The van der Waals surface area contributed by atoms with Crippen LogP contribution in [0.25, 0.3) is 0 Å². The van der Waals surface area contributed by atoms with E-state index in [2.05, 4.69) is 20.8 Å². The molecule has 0 N–H and O–H groups in total. The maximum Gasteiger partial charge on any atom is 0.150 e. The van der Waals surface area contributed by atoms with E-state index in [0.717, 1.165) is 6.42 Å². The third kappa shape index (κ3) is 1.40. The molecular formula is C11H20O2S. The summed E-state index contributed by atoms with van der Waals surface area (Å²) in [7, 11) is -2.71. The van der Waals surface area contributed by atoms with Gasteiger partial charge in [-0.3, -0.25) is 0 Å². The lowest BCUT2D eigenvalue weighted by atomic mass is 9.70. The zero-order valence-corrected chi connectivity index (χ0v) is 10.1. The minimum absolute atomic E-state index is 0.272. The normalized spacial score (nSPS) is 45.7. The van der Waals surface area contributed by atoms with Gasteiger partial charge in [0.05, 0.1) is 11.5 Å². The van der Waals surface area contributed by atoms with Gasteiger partial charge in [-0.1, -0.05) is 20.8 Å². The molecule has 0 radical (unpaired) electrons. The highest BCUT2D eigenvalue weighted by molar-refractivity contribution is 7.91. The van der Waals surface area contributed by atoms with Gasteiger partial charge in [0.1, 0.15) is 0 Å². The quantitative estimate of drug-likeness (QED) is 0.672. The van der Waals surface area contributed by atoms with Crippen molar-refractivity contribution in [1.82, 2.24) is 0 Å². The van der Waals surface area contributed by atoms with Crippen molar-refractivity contribution in [2.75, 3.05) is 11.5 Å². The molecule has 82 valence electrons. The van der Waals surface area contributed by atoms with Crippen LogP contribution in [0.4, 0.5) is 0 Å². The second-order valence-corrected chi connectivity index (χ2v) is 7.80. The Balaban J connectivity index is 2.28. The lowest BCUT2D eigenvalue weighted by Gasteiger charge is -2.34. The first-order valence-electron chi connectivity index (χ1n) is 5.55. The first-order valence-corrected chi connectivity index (χ1v) is 7.38. The van der Waals surface area contributed by atoms with E-state index in [0.29, 0.717) is 29.3 Å². The largest absolute Gasteiger partial charge is 0.229 e. The molecule has 0 aromatic heterocycles. The van der Waals surface area contributed by atoms with Crippen LogP contribution >= 0.6 is 0 Å². The molecule has 2 aliphatic rings. The van der Waals surface area contributed by atoms with Crippen LogP contribution in [0.15, 0.2) is 0 Å². The monoisotopic (exact) mass is 216 g/mol. The lowest BCUT2D eigenvalue weighted by Crippen LogP contribution is -2.31. The molecule has 2 nitrogen and oxygen atoms in total. The Morgan fingerprint density at radius 1 is 1.29 bits per heavy atom. The Kier molecular flexibility index (Phi) is 2.22. The molecule has 0 aromatic carbocycles. The van der Waals surface area contributed by atoms with Crippen molar-refractivity contribution in [2.45, 2.75) is 33.6 Å². The van der Waals surface area contributed by atoms with Gasteiger partial charge in [-0.15, -0.1) is 0 Å². The van der Waals surface area contributed by atoms with Crippen LogP contribution in [-0.2, 0) is 9.84 Å². The summed E-state index contributed by atoms with van der Waals surface area (Å²) >= 11 is 0. The van der Waals surface area contributed by atoms with Gasteiger partial charge in [0.25, 0.3) is 0 Å².